The lowest BCUT2D eigenvalue weighted by Crippen LogP contribution is -2.49. The van der Waals surface area contributed by atoms with Crippen molar-refractivity contribution in [1.29, 1.82) is 0 Å². The Morgan fingerprint density at radius 2 is 1.61 bits per heavy atom. The van der Waals surface area contributed by atoms with Crippen LogP contribution in [0.3, 0.4) is 0 Å². The van der Waals surface area contributed by atoms with Crippen LogP contribution >= 0.6 is 47.0 Å². The minimum atomic E-state index is -5.65. The summed E-state index contributed by atoms with van der Waals surface area (Å²) < 4.78 is 67.7. The summed E-state index contributed by atoms with van der Waals surface area (Å²) in [4.78, 5) is 136. The molecule has 0 aliphatic carbocycles. The maximum absolute atomic E-state index is 12.8. The molecule has 1 aliphatic heterocycles. The number of hydrogen-bond donors (Lipinski definition) is 14. The van der Waals surface area contributed by atoms with E-state index in [4.69, 9.17) is 35.1 Å². The van der Waals surface area contributed by atoms with E-state index in [-0.39, 0.29) is 73.1 Å². The Kier molecular flexibility index (Phi) is 25.4. The molecule has 0 saturated carbocycles. The highest BCUT2D eigenvalue weighted by atomic mass is 32.2. The molecular weight excluding hydrogens is 1180 g/mol. The number of nitrogens with zero attached hydrogens (tertiary/aromatic N) is 5. The van der Waals surface area contributed by atoms with Gasteiger partial charge in [-0.25, -0.2) is 28.6 Å². The van der Waals surface area contributed by atoms with Gasteiger partial charge < -0.3 is 82.2 Å². The van der Waals surface area contributed by atoms with Crippen LogP contribution in [0.1, 0.15) is 44.9 Å². The van der Waals surface area contributed by atoms with Gasteiger partial charge in [0.25, 0.3) is 5.69 Å². The lowest BCUT2D eigenvalue weighted by Gasteiger charge is -2.30. The molecule has 16 N–H and O–H groups in total. The Balaban J connectivity index is 1.13. The number of phosphoric acid groups is 3. The number of carbonyl (C=O) groups is 6. The molecule has 80 heavy (non-hydrogen) atoms. The van der Waals surface area contributed by atoms with Gasteiger partial charge >= 0.3 is 29.4 Å². The molecule has 4 rings (SSSR count). The molecule has 10 atom stereocenters. The van der Waals surface area contributed by atoms with Gasteiger partial charge in [-0.3, -0.25) is 57.0 Å². The highest BCUT2D eigenvalue weighted by Crippen LogP contribution is 2.61. The number of anilines is 1. The minimum Gasteiger partial charge on any atom is -0.480 e. The SMILES string of the molecule is CC(C)(COP(=O)(O)OP(=O)(O)OCC1OC(n2cnc3c(N)ncnc32)C(O)C1OP(=O)(O)O)C(O)C(=O)NCCC(=O)NCCSC(=O)C(N)CCC(=O)NC(CSC(O)OCc1ccc([N+](=O)[O-])cc1)C(=O)NCC(=O)O. The van der Waals surface area contributed by atoms with E-state index in [0.717, 1.165) is 29.0 Å². The molecule has 1 aromatic carbocycles. The van der Waals surface area contributed by atoms with Gasteiger partial charge in [0, 0.05) is 55.0 Å². The number of aliphatic hydroxyl groups is 3. The average molecular weight is 1240 g/mol. The van der Waals surface area contributed by atoms with Gasteiger partial charge in [0.15, 0.2) is 17.7 Å². The maximum Gasteiger partial charge on any atom is 0.481 e. The molecule has 10 unspecified atom stereocenters. The number of nitrogen functional groups attached to an aromatic ring is 1. The summed E-state index contributed by atoms with van der Waals surface area (Å²) in [5, 5.41) is 60.4. The van der Waals surface area contributed by atoms with Gasteiger partial charge in [-0.15, -0.1) is 0 Å². The first-order chi connectivity index (χ1) is 37.3. The van der Waals surface area contributed by atoms with Crippen molar-refractivity contribution >= 4 is 104 Å². The topological polar surface area (TPSA) is 558 Å². The van der Waals surface area contributed by atoms with Crippen LogP contribution in [0.2, 0.25) is 0 Å². The number of aromatic nitrogens is 4. The quantitative estimate of drug-likeness (QED) is 0.00974. The fourth-order valence-electron chi connectivity index (χ4n) is 6.64. The molecule has 0 bridgehead atoms. The van der Waals surface area contributed by atoms with E-state index in [1.165, 1.54) is 38.1 Å². The Hall–Kier alpha value is -5.18. The number of carboxylic acids is 1. The molecular formula is C39H58N11O25P3S2. The first-order valence-electron chi connectivity index (χ1n) is 23.0. The highest BCUT2D eigenvalue weighted by Gasteiger charge is 2.50. The number of nitro groups is 1. The lowest BCUT2D eigenvalue weighted by atomic mass is 9.87. The summed E-state index contributed by atoms with van der Waals surface area (Å²) in [6, 6.07) is 2.73. The zero-order valence-electron chi connectivity index (χ0n) is 41.9. The predicted octanol–water partition coefficient (Wildman–Crippen LogP) is -2.41. The third-order valence-corrected chi connectivity index (χ3v) is 15.8. The van der Waals surface area contributed by atoms with Crippen molar-refractivity contribution in [2.45, 2.75) is 88.1 Å². The summed E-state index contributed by atoms with van der Waals surface area (Å²) in [7, 11) is -16.6. The predicted molar refractivity (Wildman–Crippen MR) is 273 cm³/mol. The Labute approximate surface area is 460 Å². The number of non-ortho nitro benzene ring substituents is 1. The average Bonchev–Trinajstić information content (AvgIpc) is 3.94. The van der Waals surface area contributed by atoms with E-state index in [1.807, 2.05) is 0 Å². The largest absolute Gasteiger partial charge is 0.481 e. The molecule has 1 fully saturated rings. The van der Waals surface area contributed by atoms with E-state index in [2.05, 4.69) is 45.1 Å². The van der Waals surface area contributed by atoms with Gasteiger partial charge in [0.1, 0.15) is 48.8 Å². The van der Waals surface area contributed by atoms with Gasteiger partial charge in [-0.2, -0.15) is 4.31 Å². The molecule has 3 aromatic rings. The second kappa shape index (κ2) is 30.2. The van der Waals surface area contributed by atoms with Crippen LogP contribution in [-0.4, -0.2) is 186 Å². The molecule has 0 spiro atoms. The van der Waals surface area contributed by atoms with Gasteiger partial charge in [-0.1, -0.05) is 37.4 Å². The fourth-order valence-corrected chi connectivity index (χ4v) is 11.0. The number of thioether (sulfide) groups is 2. The number of carbonyl (C=O) groups excluding carboxylic acids is 5. The molecule has 3 heterocycles. The molecule has 41 heteroatoms. The fraction of sp³-hybridized carbons (Fsp3) is 0.564. The number of ether oxygens (including phenoxy) is 2. The van der Waals surface area contributed by atoms with E-state index in [1.54, 1.807) is 0 Å². The van der Waals surface area contributed by atoms with Crippen molar-refractivity contribution in [1.82, 2.24) is 40.8 Å². The summed E-state index contributed by atoms with van der Waals surface area (Å²) in [6.07, 6.45) is -7.99. The normalized spacial score (nSPS) is 19.6. The Bertz CT molecular complexity index is 2820. The van der Waals surface area contributed by atoms with Crippen molar-refractivity contribution in [2.75, 3.05) is 50.1 Å². The number of aliphatic hydroxyl groups excluding tert-OH is 3. The van der Waals surface area contributed by atoms with Crippen molar-refractivity contribution in [2.24, 2.45) is 11.1 Å². The summed E-state index contributed by atoms with van der Waals surface area (Å²) >= 11 is 1.39. The molecule has 4 amide bonds. The number of nitro benzene ring substituents is 1. The van der Waals surface area contributed by atoms with Crippen molar-refractivity contribution in [3.8, 4) is 0 Å². The Morgan fingerprint density at radius 1 is 0.938 bits per heavy atom. The zero-order chi connectivity index (χ0) is 59.8. The first kappa shape index (κ1) is 67.3. The standard InChI is InChI=1S/C39H58N11O25P3S2/c1-39(2,17-72-78(68,69)75-77(66,67)71-15-24-30(74-76(63,64)65)29(55)36(73-24)49-19-47-28-32(41)45-18-46-33(28)49)31(56)35(58)43-10-9-25(51)42-11-12-79-37(59)22(40)7-8-26(52)48-23(34(57)44-13-27(53)54)16-80-38(60)70-14-20-3-5-21(6-4-20)50(61)62/h3-6,18-19,22-24,29-31,36,38,55-56,60H,7-17,40H2,1-2H3,(H,42,51)(H,43,58)(H,44,57)(H,48,52)(H,53,54)(H,66,67)(H,68,69)(H2,41,45,46)(H2,63,64,65). The second-order valence-electron chi connectivity index (χ2n) is 17.5. The third kappa shape index (κ3) is 21.9. The van der Waals surface area contributed by atoms with Crippen LogP contribution in [0.25, 0.3) is 11.2 Å². The Morgan fingerprint density at radius 3 is 2.26 bits per heavy atom. The number of benzene rings is 1. The molecule has 446 valence electrons. The summed E-state index contributed by atoms with van der Waals surface area (Å²) in [5.74, 6) is -5.08. The van der Waals surface area contributed by atoms with Gasteiger partial charge in [0.05, 0.1) is 37.1 Å². The third-order valence-electron chi connectivity index (χ3n) is 10.7. The van der Waals surface area contributed by atoms with E-state index in [0.29, 0.717) is 17.3 Å². The zero-order valence-corrected chi connectivity index (χ0v) is 46.2. The van der Waals surface area contributed by atoms with E-state index in [9.17, 15) is 87.5 Å². The molecule has 1 saturated heterocycles. The summed E-state index contributed by atoms with van der Waals surface area (Å²) in [6.45, 7) is -1.14. The molecule has 0 radical (unpaired) electrons. The van der Waals surface area contributed by atoms with Gasteiger partial charge in [-0.05, 0) is 24.1 Å². The van der Waals surface area contributed by atoms with Crippen molar-refractivity contribution < 1.29 is 115 Å². The van der Waals surface area contributed by atoms with Crippen LogP contribution in [-0.2, 0) is 76.4 Å². The van der Waals surface area contributed by atoms with Crippen LogP contribution in [0.5, 0.6) is 0 Å². The van der Waals surface area contributed by atoms with Crippen molar-refractivity contribution in [3.63, 3.8) is 0 Å². The van der Waals surface area contributed by atoms with E-state index >= 15 is 0 Å². The van der Waals surface area contributed by atoms with Crippen LogP contribution in [0, 0.1) is 15.5 Å². The van der Waals surface area contributed by atoms with Crippen LogP contribution < -0.4 is 32.7 Å². The maximum atomic E-state index is 12.8. The first-order valence-corrected chi connectivity index (χ1v) is 29.6. The highest BCUT2D eigenvalue weighted by molar-refractivity contribution is 8.13. The number of fused-ring (bicyclic) bond motifs is 1. The number of aliphatic carboxylic acids is 1. The number of rotatable bonds is 34. The second-order valence-corrected chi connectivity index (χ2v) is 23.9. The molecule has 1 aliphatic rings. The monoisotopic (exact) mass is 1240 g/mol. The number of imidazole rings is 1. The molecule has 36 nitrogen and oxygen atoms in total. The lowest BCUT2D eigenvalue weighted by molar-refractivity contribution is -0.384. The number of phosphoric ester groups is 3. The van der Waals surface area contributed by atoms with Crippen molar-refractivity contribution in [3.05, 3.63) is 52.6 Å². The summed E-state index contributed by atoms with van der Waals surface area (Å²) in [5.41, 5.74) is 8.82. The minimum absolute atomic E-state index is 0.00403. The van der Waals surface area contributed by atoms with Crippen LogP contribution in [0.4, 0.5) is 11.5 Å². The number of hydrogen-bond acceptors (Lipinski definition) is 27. The number of nitrogens with two attached hydrogens (primary N) is 2. The van der Waals surface area contributed by atoms with E-state index < -0.39 is 137 Å². The number of carboxylic acid groups (broad SMARTS) is 1. The smallest absolute Gasteiger partial charge is 0.480 e. The number of amides is 4. The van der Waals surface area contributed by atoms with Gasteiger partial charge in [0.2, 0.25) is 34.4 Å². The number of nitrogens with one attached hydrogen (secondary N) is 4. The molecule has 2 aromatic heterocycles. The van der Waals surface area contributed by atoms with Crippen LogP contribution in [0.15, 0.2) is 36.9 Å².